The minimum absolute atomic E-state index is 1.30. The van der Waals surface area contributed by atoms with Gasteiger partial charge in [0.15, 0.2) is 0 Å². The van der Waals surface area contributed by atoms with Gasteiger partial charge in [-0.1, -0.05) is 364 Å². The van der Waals surface area contributed by atoms with Crippen LogP contribution in [0, 0.1) is 0 Å². The van der Waals surface area contributed by atoms with Crippen LogP contribution in [0.4, 0.5) is 0 Å². The van der Waals surface area contributed by atoms with Crippen LogP contribution in [0.5, 0.6) is 0 Å². The lowest BCUT2D eigenvalue weighted by Crippen LogP contribution is -1.81. The van der Waals surface area contributed by atoms with Crippen molar-refractivity contribution >= 4 is 215 Å². The molecule has 0 N–H and O–H groups in total. The van der Waals surface area contributed by atoms with Crippen molar-refractivity contribution in [1.29, 1.82) is 0 Å². The molecule has 110 heavy (non-hydrogen) atoms. The fourth-order valence-electron chi connectivity index (χ4n) is 17.6. The molecule has 0 amide bonds. The summed E-state index contributed by atoms with van der Waals surface area (Å²) in [6.45, 7) is 0. The van der Waals surface area contributed by atoms with Gasteiger partial charge >= 0.3 is 0 Å². The van der Waals surface area contributed by atoms with Gasteiger partial charge in [0.25, 0.3) is 0 Å². The average Bonchev–Trinajstić information content (AvgIpc) is 0.779. The highest BCUT2D eigenvalue weighted by atomic mass is 14.2. The van der Waals surface area contributed by atoms with Gasteiger partial charge in [0.1, 0.15) is 0 Å². The molecule has 25 rings (SSSR count). The maximum absolute atomic E-state index is 2.36. The van der Waals surface area contributed by atoms with Crippen molar-refractivity contribution in [2.75, 3.05) is 0 Å². The van der Waals surface area contributed by atoms with Crippen LogP contribution < -0.4 is 0 Å². The summed E-state index contributed by atoms with van der Waals surface area (Å²) in [5.74, 6) is 0. The predicted octanol–water partition coefficient (Wildman–Crippen LogP) is 31.5. The van der Waals surface area contributed by atoms with Crippen LogP contribution in [0.15, 0.2) is 425 Å². The lowest BCUT2D eigenvalue weighted by molar-refractivity contribution is 1.78. The molecular weight excluding hydrogens is 1320 g/mol. The Bertz CT molecular complexity index is 6930. The summed E-state index contributed by atoms with van der Waals surface area (Å²) in [5.41, 5.74) is 0. The zero-order chi connectivity index (χ0) is 72.6. The molecule has 25 aromatic carbocycles. The Morgan fingerprint density at radius 2 is 0.164 bits per heavy atom. The highest BCUT2D eigenvalue weighted by molar-refractivity contribution is 6.23. The Morgan fingerprint density at radius 1 is 0.0636 bits per heavy atom. The number of rotatable bonds is 0. The Labute approximate surface area is 635 Å². The number of benzene rings is 25. The van der Waals surface area contributed by atoms with E-state index >= 15 is 0 Å². The third kappa shape index (κ3) is 11.4. The van der Waals surface area contributed by atoms with E-state index in [1.54, 1.807) is 0 Å². The van der Waals surface area contributed by atoms with Crippen LogP contribution in [-0.2, 0) is 0 Å². The zero-order valence-electron chi connectivity index (χ0n) is 60.4. The minimum atomic E-state index is 1.30. The second-order valence-corrected chi connectivity index (χ2v) is 29.3. The number of hydrogen-bond donors (Lipinski definition) is 0. The Balaban J connectivity index is 0.0000000873. The monoisotopic (exact) mass is 1390 g/mol. The summed E-state index contributed by atoms with van der Waals surface area (Å²) in [7, 11) is 0. The SMILES string of the molecule is c1ccc2c(c1)ccc1cc3c(ccc4ccccc43)cc12.c1ccc2c(c1)ccc1cc3c(ccc4ccccc43)cc12.c1ccc2c(c1)ccc1cc3c(ccc4ccccc43)cc12.c1ccc2c(c1)ccc1cc3ccc4ccccc4c3cc12.c1ccc2c(c1)ccc1cc3ccc4ccccc4c3cc12. The fourth-order valence-corrected chi connectivity index (χ4v) is 17.6. The van der Waals surface area contributed by atoms with E-state index in [2.05, 4.69) is 425 Å². The second kappa shape index (κ2) is 26.9. The first-order valence-corrected chi connectivity index (χ1v) is 38.2. The summed E-state index contributed by atoms with van der Waals surface area (Å²) < 4.78 is 0. The average molecular weight is 1390 g/mol. The smallest absolute Gasteiger partial charge is 0.00988 e. The predicted molar refractivity (Wildman–Crippen MR) is 482 cm³/mol. The fraction of sp³-hybridized carbons (Fsp3) is 0. The lowest BCUT2D eigenvalue weighted by Gasteiger charge is -2.08. The molecule has 0 unspecified atom stereocenters. The molecule has 0 aromatic heterocycles. The summed E-state index contributed by atoms with van der Waals surface area (Å²) >= 11 is 0. The van der Waals surface area contributed by atoms with E-state index < -0.39 is 0 Å². The van der Waals surface area contributed by atoms with Gasteiger partial charge in [-0.05, 0) is 276 Å². The number of fused-ring (bicyclic) bond motifs is 30. The van der Waals surface area contributed by atoms with E-state index in [1.165, 1.54) is 215 Å². The molecule has 0 aliphatic carbocycles. The maximum Gasteiger partial charge on any atom is -0.00988 e. The third-order valence-corrected chi connectivity index (χ3v) is 23.0. The maximum atomic E-state index is 2.36. The van der Waals surface area contributed by atoms with Crippen LogP contribution in [-0.4, -0.2) is 0 Å². The van der Waals surface area contributed by atoms with E-state index in [1.807, 2.05) is 0 Å². The Hall–Kier alpha value is -14.3. The van der Waals surface area contributed by atoms with E-state index in [0.29, 0.717) is 0 Å². The first-order valence-electron chi connectivity index (χ1n) is 38.2. The minimum Gasteiger partial charge on any atom is -0.0616 e. The van der Waals surface area contributed by atoms with Crippen LogP contribution >= 0.6 is 0 Å². The van der Waals surface area contributed by atoms with Crippen molar-refractivity contribution in [2.45, 2.75) is 0 Å². The van der Waals surface area contributed by atoms with E-state index in [-0.39, 0.29) is 0 Å². The first kappa shape index (κ1) is 64.1. The van der Waals surface area contributed by atoms with Crippen LogP contribution in [0.25, 0.3) is 215 Å². The van der Waals surface area contributed by atoms with Crippen molar-refractivity contribution < 1.29 is 0 Å². The molecule has 0 bridgehead atoms. The van der Waals surface area contributed by atoms with Crippen molar-refractivity contribution in [2.24, 2.45) is 0 Å². The van der Waals surface area contributed by atoms with Gasteiger partial charge in [-0.2, -0.15) is 0 Å². The van der Waals surface area contributed by atoms with Crippen molar-refractivity contribution in [3.05, 3.63) is 425 Å². The number of hydrogen-bond acceptors (Lipinski definition) is 0. The third-order valence-electron chi connectivity index (χ3n) is 23.0. The van der Waals surface area contributed by atoms with Gasteiger partial charge < -0.3 is 0 Å². The van der Waals surface area contributed by atoms with Gasteiger partial charge in [0, 0.05) is 0 Å². The van der Waals surface area contributed by atoms with Gasteiger partial charge in [-0.3, -0.25) is 0 Å². The molecule has 0 heteroatoms. The standard InChI is InChI=1S/5C22H14/c3*1-3-7-19-15(5-1)9-11-17-14-22-18(13-21(17)19)12-10-16-6-2-4-8-20(16)22;2*1-3-7-19-15(5-1)9-11-17-13-18-12-10-16-6-2-4-8-20(16)22(18)14-21(17)19/h5*1-14H. The summed E-state index contributed by atoms with van der Waals surface area (Å²) in [5, 5.41) is 52.7. The molecule has 0 saturated carbocycles. The molecule has 0 fully saturated rings. The quantitative estimate of drug-likeness (QED) is 0.105. The molecule has 510 valence electrons. The molecular formula is C110H70. The molecule has 0 aliphatic rings. The zero-order valence-corrected chi connectivity index (χ0v) is 60.4. The van der Waals surface area contributed by atoms with Crippen molar-refractivity contribution in [3.8, 4) is 0 Å². The second-order valence-electron chi connectivity index (χ2n) is 29.3. The molecule has 25 aromatic rings. The molecule has 0 saturated heterocycles. The molecule has 0 heterocycles. The van der Waals surface area contributed by atoms with E-state index in [4.69, 9.17) is 0 Å². The van der Waals surface area contributed by atoms with E-state index in [9.17, 15) is 0 Å². The van der Waals surface area contributed by atoms with E-state index in [0.717, 1.165) is 0 Å². The van der Waals surface area contributed by atoms with Crippen molar-refractivity contribution in [1.82, 2.24) is 0 Å². The topological polar surface area (TPSA) is 0 Å². The lowest BCUT2D eigenvalue weighted by atomic mass is 9.95. The molecule has 0 atom stereocenters. The van der Waals surface area contributed by atoms with Crippen LogP contribution in [0.2, 0.25) is 0 Å². The summed E-state index contributed by atoms with van der Waals surface area (Å²) in [6, 6.07) is 154. The Morgan fingerprint density at radius 3 is 0.300 bits per heavy atom. The van der Waals surface area contributed by atoms with Gasteiger partial charge in [0.2, 0.25) is 0 Å². The highest BCUT2D eigenvalue weighted by Gasteiger charge is 2.12. The van der Waals surface area contributed by atoms with Crippen molar-refractivity contribution in [3.63, 3.8) is 0 Å². The summed E-state index contributed by atoms with van der Waals surface area (Å²) in [4.78, 5) is 0. The van der Waals surface area contributed by atoms with Gasteiger partial charge in [0.05, 0.1) is 0 Å². The van der Waals surface area contributed by atoms with Crippen LogP contribution in [0.3, 0.4) is 0 Å². The molecule has 0 spiro atoms. The normalized spacial score (nSPS) is 11.6. The molecule has 0 nitrogen and oxygen atoms in total. The Kier molecular flexibility index (Phi) is 15.7. The highest BCUT2D eigenvalue weighted by Crippen LogP contribution is 2.40. The first-order chi connectivity index (χ1) is 54.5. The van der Waals surface area contributed by atoms with Gasteiger partial charge in [-0.15, -0.1) is 0 Å². The largest absolute Gasteiger partial charge is 0.0616 e. The molecule has 0 radical (unpaired) electrons. The molecule has 0 aliphatic heterocycles. The summed E-state index contributed by atoms with van der Waals surface area (Å²) in [6.07, 6.45) is 0. The van der Waals surface area contributed by atoms with Crippen LogP contribution in [0.1, 0.15) is 0 Å². The van der Waals surface area contributed by atoms with Gasteiger partial charge in [-0.25, -0.2) is 0 Å².